The Morgan fingerprint density at radius 3 is 2.75 bits per heavy atom. The minimum absolute atomic E-state index is 0.0658. The van der Waals surface area contributed by atoms with Crippen LogP contribution in [0, 0.1) is 11.3 Å². The zero-order valence-corrected chi connectivity index (χ0v) is 11.2. The minimum atomic E-state index is 0.0658. The van der Waals surface area contributed by atoms with Crippen LogP contribution in [-0.4, -0.2) is 23.6 Å². The summed E-state index contributed by atoms with van der Waals surface area (Å²) in [7, 11) is 0. The Bertz CT molecular complexity index is 206. The van der Waals surface area contributed by atoms with Crippen molar-refractivity contribution >= 4 is 11.8 Å². The molecule has 0 amide bonds. The molecule has 0 spiro atoms. The van der Waals surface area contributed by atoms with Gasteiger partial charge in [-0.05, 0) is 38.0 Å². The first kappa shape index (κ1) is 13.9. The lowest BCUT2D eigenvalue weighted by Crippen LogP contribution is -2.29. The Labute approximate surface area is 104 Å². The molecule has 0 bridgehead atoms. The van der Waals surface area contributed by atoms with Gasteiger partial charge < -0.3 is 5.32 Å². The van der Waals surface area contributed by atoms with E-state index in [1.54, 1.807) is 0 Å². The SMILES string of the molecule is CCCNC(C#N)CCSC1CCCCC1. The number of hydrogen-bond acceptors (Lipinski definition) is 3. The summed E-state index contributed by atoms with van der Waals surface area (Å²) < 4.78 is 0. The smallest absolute Gasteiger partial charge is 0.0960 e. The van der Waals surface area contributed by atoms with Crippen molar-refractivity contribution < 1.29 is 0 Å². The zero-order chi connectivity index (χ0) is 11.6. The summed E-state index contributed by atoms with van der Waals surface area (Å²) in [5, 5.41) is 13.1. The molecular formula is C13H24N2S. The lowest BCUT2D eigenvalue weighted by atomic mass is 10.0. The molecule has 0 aromatic heterocycles. The summed E-state index contributed by atoms with van der Waals surface area (Å²) in [6.45, 7) is 3.10. The van der Waals surface area contributed by atoms with Gasteiger partial charge in [-0.1, -0.05) is 26.2 Å². The average Bonchev–Trinajstić information content (AvgIpc) is 2.35. The lowest BCUT2D eigenvalue weighted by Gasteiger charge is -2.21. The summed E-state index contributed by atoms with van der Waals surface area (Å²) in [5.74, 6) is 1.14. The summed E-state index contributed by atoms with van der Waals surface area (Å²) in [4.78, 5) is 0. The Hall–Kier alpha value is -0.200. The molecule has 1 aliphatic rings. The maximum absolute atomic E-state index is 8.97. The van der Waals surface area contributed by atoms with Crippen LogP contribution in [0.25, 0.3) is 0 Å². The van der Waals surface area contributed by atoms with Gasteiger partial charge in [-0.2, -0.15) is 17.0 Å². The van der Waals surface area contributed by atoms with E-state index in [-0.39, 0.29) is 6.04 Å². The molecular weight excluding hydrogens is 216 g/mol. The lowest BCUT2D eigenvalue weighted by molar-refractivity contribution is 0.515. The monoisotopic (exact) mass is 240 g/mol. The molecule has 2 nitrogen and oxygen atoms in total. The van der Waals surface area contributed by atoms with Gasteiger partial charge >= 0.3 is 0 Å². The van der Waals surface area contributed by atoms with Crippen molar-refractivity contribution in [2.45, 2.75) is 63.2 Å². The highest BCUT2D eigenvalue weighted by Gasteiger charge is 2.14. The molecule has 3 heteroatoms. The molecule has 0 aromatic carbocycles. The van der Waals surface area contributed by atoms with Gasteiger partial charge in [0.25, 0.3) is 0 Å². The number of thioether (sulfide) groups is 1. The predicted molar refractivity (Wildman–Crippen MR) is 71.6 cm³/mol. The van der Waals surface area contributed by atoms with E-state index in [1.807, 2.05) is 0 Å². The topological polar surface area (TPSA) is 35.8 Å². The van der Waals surface area contributed by atoms with E-state index < -0.39 is 0 Å². The summed E-state index contributed by atoms with van der Waals surface area (Å²) in [6, 6.07) is 2.42. The van der Waals surface area contributed by atoms with Gasteiger partial charge in [0.2, 0.25) is 0 Å². The summed E-state index contributed by atoms with van der Waals surface area (Å²) in [5.41, 5.74) is 0. The van der Waals surface area contributed by atoms with Crippen LogP contribution in [0.4, 0.5) is 0 Å². The second-order valence-corrected chi connectivity index (χ2v) is 5.96. The summed E-state index contributed by atoms with van der Waals surface area (Å²) >= 11 is 2.08. The first-order valence-electron chi connectivity index (χ1n) is 6.61. The molecule has 1 aliphatic carbocycles. The van der Waals surface area contributed by atoms with E-state index in [1.165, 1.54) is 32.1 Å². The molecule has 1 atom stereocenters. The largest absolute Gasteiger partial charge is 0.302 e. The Morgan fingerprint density at radius 2 is 2.12 bits per heavy atom. The van der Waals surface area contributed by atoms with Gasteiger partial charge in [0.05, 0.1) is 12.1 Å². The Kier molecular flexibility index (Phi) is 7.71. The normalized spacial score (nSPS) is 19.2. The maximum Gasteiger partial charge on any atom is 0.0960 e. The van der Waals surface area contributed by atoms with E-state index in [0.29, 0.717) is 0 Å². The van der Waals surface area contributed by atoms with Crippen molar-refractivity contribution in [1.29, 1.82) is 5.26 Å². The van der Waals surface area contributed by atoms with Crippen LogP contribution in [0.3, 0.4) is 0 Å². The molecule has 0 radical (unpaired) electrons. The van der Waals surface area contributed by atoms with E-state index >= 15 is 0 Å². The highest BCUT2D eigenvalue weighted by atomic mass is 32.2. The highest BCUT2D eigenvalue weighted by molar-refractivity contribution is 7.99. The van der Waals surface area contributed by atoms with Crippen LogP contribution in [0.1, 0.15) is 51.9 Å². The van der Waals surface area contributed by atoms with Gasteiger partial charge in [0, 0.05) is 5.25 Å². The van der Waals surface area contributed by atoms with Gasteiger partial charge in [0.1, 0.15) is 0 Å². The summed E-state index contributed by atoms with van der Waals surface area (Å²) in [6.07, 6.45) is 9.14. The highest BCUT2D eigenvalue weighted by Crippen LogP contribution is 2.28. The molecule has 1 saturated carbocycles. The van der Waals surface area contributed by atoms with Crippen LogP contribution >= 0.6 is 11.8 Å². The molecule has 92 valence electrons. The average molecular weight is 240 g/mol. The standard InChI is InChI=1S/C13H24N2S/c1-2-9-15-12(11-14)8-10-16-13-6-4-3-5-7-13/h12-13,15H,2-10H2,1H3. The molecule has 16 heavy (non-hydrogen) atoms. The first-order chi connectivity index (χ1) is 7.86. The molecule has 0 aliphatic heterocycles. The van der Waals surface area contributed by atoms with Crippen LogP contribution in [0.15, 0.2) is 0 Å². The van der Waals surface area contributed by atoms with Crippen LogP contribution in [0.2, 0.25) is 0 Å². The quantitative estimate of drug-likeness (QED) is 0.741. The van der Waals surface area contributed by atoms with Crippen molar-refractivity contribution in [2.75, 3.05) is 12.3 Å². The number of rotatable bonds is 7. The Morgan fingerprint density at radius 1 is 1.38 bits per heavy atom. The molecule has 0 saturated heterocycles. The van der Waals surface area contributed by atoms with Crippen molar-refractivity contribution in [3.63, 3.8) is 0 Å². The van der Waals surface area contributed by atoms with E-state index in [9.17, 15) is 0 Å². The van der Waals surface area contributed by atoms with Gasteiger partial charge in [-0.3, -0.25) is 0 Å². The number of nitriles is 1. The fourth-order valence-corrected chi connectivity index (χ4v) is 3.49. The third-order valence-electron chi connectivity index (χ3n) is 3.11. The van der Waals surface area contributed by atoms with Gasteiger partial charge in [0.15, 0.2) is 0 Å². The molecule has 0 heterocycles. The molecule has 1 fully saturated rings. The van der Waals surface area contributed by atoms with Crippen molar-refractivity contribution in [1.82, 2.24) is 5.32 Å². The zero-order valence-electron chi connectivity index (χ0n) is 10.4. The van der Waals surface area contributed by atoms with Crippen LogP contribution in [-0.2, 0) is 0 Å². The molecule has 0 aromatic rings. The van der Waals surface area contributed by atoms with E-state index in [4.69, 9.17) is 5.26 Å². The maximum atomic E-state index is 8.97. The second kappa shape index (κ2) is 8.90. The number of hydrogen-bond donors (Lipinski definition) is 1. The predicted octanol–water partition coefficient (Wildman–Crippen LogP) is 3.33. The number of nitrogens with one attached hydrogen (secondary N) is 1. The first-order valence-corrected chi connectivity index (χ1v) is 7.66. The van der Waals surface area contributed by atoms with E-state index in [2.05, 4.69) is 30.1 Å². The van der Waals surface area contributed by atoms with E-state index in [0.717, 1.165) is 30.4 Å². The molecule has 1 rings (SSSR count). The molecule has 1 unspecified atom stereocenters. The second-order valence-electron chi connectivity index (χ2n) is 4.56. The third-order valence-corrected chi connectivity index (χ3v) is 4.52. The molecule has 1 N–H and O–H groups in total. The Balaban J connectivity index is 2.05. The minimum Gasteiger partial charge on any atom is -0.302 e. The number of nitrogens with zero attached hydrogens (tertiary/aromatic N) is 1. The van der Waals surface area contributed by atoms with Crippen molar-refractivity contribution in [3.05, 3.63) is 0 Å². The van der Waals surface area contributed by atoms with Crippen LogP contribution in [0.5, 0.6) is 0 Å². The van der Waals surface area contributed by atoms with Crippen LogP contribution < -0.4 is 5.32 Å². The fourth-order valence-electron chi connectivity index (χ4n) is 2.12. The third kappa shape index (κ3) is 5.77. The van der Waals surface area contributed by atoms with Gasteiger partial charge in [-0.15, -0.1) is 0 Å². The van der Waals surface area contributed by atoms with Crippen molar-refractivity contribution in [3.8, 4) is 6.07 Å². The fraction of sp³-hybridized carbons (Fsp3) is 0.923. The van der Waals surface area contributed by atoms with Gasteiger partial charge in [-0.25, -0.2) is 0 Å². The van der Waals surface area contributed by atoms with Crippen molar-refractivity contribution in [2.24, 2.45) is 0 Å².